The van der Waals surface area contributed by atoms with Crippen LogP contribution in [-0.2, 0) is 9.59 Å². The van der Waals surface area contributed by atoms with E-state index in [9.17, 15) is 19.5 Å². The fourth-order valence-electron chi connectivity index (χ4n) is 1.55. The molecule has 0 spiro atoms. The zero-order chi connectivity index (χ0) is 19.3. The van der Waals surface area contributed by atoms with E-state index in [1.807, 2.05) is 0 Å². The first-order valence-corrected chi connectivity index (χ1v) is 8.59. The van der Waals surface area contributed by atoms with Crippen LogP contribution in [0.1, 0.15) is 10.4 Å². The number of nitrogens with one attached hydrogen (secondary N) is 1. The van der Waals surface area contributed by atoms with E-state index in [4.69, 9.17) is 33.4 Å². The summed E-state index contributed by atoms with van der Waals surface area (Å²) in [6.45, 7) is -1.17. The van der Waals surface area contributed by atoms with Crippen LogP contribution in [0.4, 0.5) is 0 Å². The average molecular weight is 521 g/mol. The second-order valence-electron chi connectivity index (χ2n) is 4.26. The number of rotatable bonds is 3. The zero-order valence-electron chi connectivity index (χ0n) is 12.1. The van der Waals surface area contributed by atoms with E-state index in [-0.39, 0.29) is 21.4 Å². The molecule has 2 rings (SSSR count). The van der Waals surface area contributed by atoms with E-state index in [1.54, 1.807) is 6.07 Å². The van der Waals surface area contributed by atoms with Crippen molar-refractivity contribution in [3.8, 4) is 5.75 Å². The molecule has 0 fully saturated rings. The monoisotopic (exact) mass is 518 g/mol. The summed E-state index contributed by atoms with van der Waals surface area (Å²) in [6, 6.07) is 3.08. The van der Waals surface area contributed by atoms with Gasteiger partial charge < -0.3 is 20.6 Å². The van der Waals surface area contributed by atoms with E-state index >= 15 is 0 Å². The molecule has 0 saturated carbocycles. The smallest absolute Gasteiger partial charge is 0.275 e. The van der Waals surface area contributed by atoms with Crippen LogP contribution in [0.2, 0.25) is 0 Å². The van der Waals surface area contributed by atoms with Crippen LogP contribution in [-0.4, -0.2) is 51.4 Å². The van der Waals surface area contributed by atoms with Crippen LogP contribution in [0.3, 0.4) is 0 Å². The van der Waals surface area contributed by atoms with Crippen LogP contribution in [0.25, 0.3) is 0 Å². The molecule has 1 aromatic carbocycles. The van der Waals surface area contributed by atoms with E-state index in [1.165, 1.54) is 6.07 Å². The van der Waals surface area contributed by atoms with Gasteiger partial charge in [0, 0.05) is 4.47 Å². The lowest BCUT2D eigenvalue weighted by atomic mass is 10.2. The van der Waals surface area contributed by atoms with Gasteiger partial charge in [0.2, 0.25) is 0 Å². The summed E-state index contributed by atoms with van der Waals surface area (Å²) in [4.78, 5) is 33.5. The van der Waals surface area contributed by atoms with E-state index in [2.05, 4.69) is 37.2 Å². The predicted molar refractivity (Wildman–Crippen MR) is 95.7 cm³/mol. The van der Waals surface area contributed by atoms with Gasteiger partial charge >= 0.3 is 0 Å². The van der Waals surface area contributed by atoms with Gasteiger partial charge in [0.15, 0.2) is 0 Å². The number of nitrogens with zero attached hydrogens (tertiary/aromatic N) is 1. The van der Waals surface area contributed by atoms with Crippen molar-refractivity contribution in [1.82, 2.24) is 10.2 Å². The minimum atomic E-state index is -0.760. The summed E-state index contributed by atoms with van der Waals surface area (Å²) in [6.07, 6.45) is 0. The lowest BCUT2D eigenvalue weighted by molar-refractivity contribution is -0.141. The minimum absolute atomic E-state index is 0.0975. The molecule has 0 bridgehead atoms. The highest BCUT2D eigenvalue weighted by atomic mass is 79.9. The second kappa shape index (κ2) is 9.51. The third-order valence-electron chi connectivity index (χ3n) is 2.71. The number of aliphatic hydroxyl groups excluding tert-OH is 2. The number of carbonyl (C=O) groups excluding carboxylic acids is 3. The lowest BCUT2D eigenvalue weighted by Gasteiger charge is -2.07. The Bertz CT molecular complexity index is 732. The molecule has 1 heterocycles. The maximum Gasteiger partial charge on any atom is 0.275 e. The number of aromatic hydroxyl groups is 1. The number of imide groups is 1. The van der Waals surface area contributed by atoms with Gasteiger partial charge in [-0.15, -0.1) is 0 Å². The Balaban J connectivity index is 0.000000257. The van der Waals surface area contributed by atoms with Gasteiger partial charge in [-0.25, -0.2) is 4.90 Å². The third-order valence-corrected chi connectivity index (χ3v) is 4.57. The number of hydrogen-bond acceptors (Lipinski definition) is 6. The van der Waals surface area contributed by atoms with Crippen LogP contribution in [0.15, 0.2) is 31.1 Å². The van der Waals surface area contributed by atoms with Crippen molar-refractivity contribution < 1.29 is 29.7 Å². The summed E-state index contributed by atoms with van der Waals surface area (Å²) in [5, 5.41) is 28.0. The Morgan fingerprint density at radius 3 is 2.04 bits per heavy atom. The molecule has 1 aliphatic rings. The van der Waals surface area contributed by atoms with Gasteiger partial charge in [0.05, 0.1) is 10.0 Å². The number of benzene rings is 1. The minimum Gasteiger partial charge on any atom is -0.506 e. The number of phenolic OH excluding ortho intramolecular Hbond substituents is 1. The Kier molecular flexibility index (Phi) is 8.32. The second-order valence-corrected chi connectivity index (χ2v) is 6.78. The third kappa shape index (κ3) is 5.16. The fraction of sp³-hybridized carbons (Fsp3) is 0.154. The van der Waals surface area contributed by atoms with E-state index in [0.29, 0.717) is 13.8 Å². The molecule has 0 atom stereocenters. The number of amides is 3. The van der Waals surface area contributed by atoms with Gasteiger partial charge in [-0.1, -0.05) is 39.1 Å². The molecule has 25 heavy (non-hydrogen) atoms. The molecule has 4 N–H and O–H groups in total. The van der Waals surface area contributed by atoms with Crippen LogP contribution >= 0.6 is 55.1 Å². The summed E-state index contributed by atoms with van der Waals surface area (Å²) in [5.74, 6) is -2.21. The normalized spacial score (nSPS) is 13.8. The van der Waals surface area contributed by atoms with Gasteiger partial charge in [-0.2, -0.15) is 0 Å². The fourth-order valence-corrected chi connectivity index (χ4v) is 3.14. The van der Waals surface area contributed by atoms with E-state index < -0.39 is 31.2 Å². The SMILES string of the molecule is O=C(NCO)c1cc(Br)cc(Br)c1O.O=C1C(Cl)=C(Cl)C(=O)N1CO. The number of hydrogen-bond donors (Lipinski definition) is 4. The molecule has 0 saturated heterocycles. The van der Waals surface area contributed by atoms with Crippen molar-refractivity contribution in [2.45, 2.75) is 0 Å². The molecule has 1 aromatic rings. The zero-order valence-corrected chi connectivity index (χ0v) is 16.8. The van der Waals surface area contributed by atoms with Crippen LogP contribution < -0.4 is 5.32 Å². The van der Waals surface area contributed by atoms with Crippen LogP contribution in [0, 0.1) is 0 Å². The van der Waals surface area contributed by atoms with Gasteiger partial charge in [-0.3, -0.25) is 14.4 Å². The van der Waals surface area contributed by atoms with Crippen molar-refractivity contribution in [2.24, 2.45) is 0 Å². The van der Waals surface area contributed by atoms with Crippen molar-refractivity contribution in [3.05, 3.63) is 36.7 Å². The number of halogens is 4. The summed E-state index contributed by atoms with van der Waals surface area (Å²) in [7, 11) is 0. The van der Waals surface area contributed by atoms with Gasteiger partial charge in [-0.05, 0) is 28.1 Å². The maximum atomic E-state index is 11.3. The molecule has 12 heteroatoms. The maximum absolute atomic E-state index is 11.3. The summed E-state index contributed by atoms with van der Waals surface area (Å²) in [5.41, 5.74) is 0.0975. The molecule has 0 radical (unpaired) electrons. The number of aliphatic hydroxyl groups is 2. The van der Waals surface area contributed by atoms with Crippen molar-refractivity contribution in [3.63, 3.8) is 0 Å². The highest BCUT2D eigenvalue weighted by Crippen LogP contribution is 2.31. The molecule has 0 aliphatic carbocycles. The van der Waals surface area contributed by atoms with Crippen molar-refractivity contribution in [2.75, 3.05) is 13.5 Å². The van der Waals surface area contributed by atoms with Crippen molar-refractivity contribution >= 4 is 72.8 Å². The Morgan fingerprint density at radius 1 is 1.12 bits per heavy atom. The highest BCUT2D eigenvalue weighted by Gasteiger charge is 2.35. The molecule has 136 valence electrons. The number of carbonyl (C=O) groups is 3. The summed E-state index contributed by atoms with van der Waals surface area (Å²) < 4.78 is 1.07. The first-order valence-electron chi connectivity index (χ1n) is 6.25. The first kappa shape index (κ1) is 21.9. The lowest BCUT2D eigenvalue weighted by Crippen LogP contribution is -2.31. The molecule has 8 nitrogen and oxygen atoms in total. The van der Waals surface area contributed by atoms with Gasteiger partial charge in [0.25, 0.3) is 17.7 Å². The molecule has 3 amide bonds. The average Bonchev–Trinajstić information content (AvgIpc) is 2.75. The quantitative estimate of drug-likeness (QED) is 0.354. The van der Waals surface area contributed by atoms with Gasteiger partial charge in [0.1, 0.15) is 29.3 Å². The first-order chi connectivity index (χ1) is 11.6. The molecular formula is C13H10Br2Cl2N2O6. The Hall–Kier alpha value is -1.17. The predicted octanol–water partition coefficient (Wildman–Crippen LogP) is 1.59. The Labute approximate surface area is 168 Å². The standard InChI is InChI=1S/C8H7Br2NO3.C5H3Cl2NO3/c9-4-1-5(8(14)11-3-12)7(13)6(10)2-4;6-2-3(7)5(11)8(1-9)4(2)10/h1-2,12-13H,3H2,(H,11,14);9H,1H2. The molecule has 0 aromatic heterocycles. The molecular weight excluding hydrogens is 511 g/mol. The highest BCUT2D eigenvalue weighted by molar-refractivity contribution is 9.11. The van der Waals surface area contributed by atoms with E-state index in [0.717, 1.165) is 0 Å². The summed E-state index contributed by atoms with van der Waals surface area (Å²) >= 11 is 16.9. The molecule has 0 unspecified atom stereocenters. The molecule has 1 aliphatic heterocycles. The van der Waals surface area contributed by atoms with Crippen LogP contribution in [0.5, 0.6) is 5.75 Å². The van der Waals surface area contributed by atoms with Crippen molar-refractivity contribution in [1.29, 1.82) is 0 Å². The largest absolute Gasteiger partial charge is 0.506 e. The Morgan fingerprint density at radius 2 is 1.64 bits per heavy atom. The topological polar surface area (TPSA) is 127 Å². The number of phenols is 1.